The maximum Gasteiger partial charge on any atom is 0.416 e. The van der Waals surface area contributed by atoms with E-state index in [1.54, 1.807) is 6.92 Å². The summed E-state index contributed by atoms with van der Waals surface area (Å²) in [6.07, 6.45) is -9.56. The van der Waals surface area contributed by atoms with Crippen LogP contribution in [-0.2, 0) is 21.9 Å². The zero-order valence-electron chi connectivity index (χ0n) is 13.9. The number of amides is 1. The minimum atomic E-state index is -5.03. The highest BCUT2D eigenvalue weighted by molar-refractivity contribution is 5.92. The molecule has 0 saturated heterocycles. The molecule has 5 nitrogen and oxygen atoms in total. The monoisotopic (exact) mass is 422 g/mol. The van der Waals surface area contributed by atoms with E-state index in [4.69, 9.17) is 5.11 Å². The molecule has 0 aromatic heterocycles. The number of aliphatic carboxylic acids is 1. The Morgan fingerprint density at radius 1 is 1.00 bits per heavy atom. The number of carboxylic acids is 1. The fourth-order valence-electron chi connectivity index (χ4n) is 2.15. The molecule has 0 unspecified atom stereocenters. The summed E-state index contributed by atoms with van der Waals surface area (Å²) in [5, 5.41) is 10.7. The Balaban J connectivity index is 0.00000676. The summed E-state index contributed by atoms with van der Waals surface area (Å²) in [5.74, 6) is -2.14. The fraction of sp³-hybridized carbons (Fsp3) is 0.467. The van der Waals surface area contributed by atoms with Crippen molar-refractivity contribution in [2.24, 2.45) is 0 Å². The molecule has 0 heterocycles. The Morgan fingerprint density at radius 3 is 1.85 bits per heavy atom. The number of carbonyl (C=O) groups is 2. The van der Waals surface area contributed by atoms with E-state index in [1.165, 1.54) is 4.90 Å². The van der Waals surface area contributed by atoms with Crippen LogP contribution in [0.25, 0.3) is 0 Å². The lowest BCUT2D eigenvalue weighted by Gasteiger charge is -2.19. The molecule has 0 aliphatic rings. The maximum atomic E-state index is 12.8. The molecule has 1 rings (SSSR count). The van der Waals surface area contributed by atoms with Gasteiger partial charge < -0.3 is 10.4 Å². The van der Waals surface area contributed by atoms with E-state index in [1.807, 2.05) is 5.32 Å². The molecule has 12 heteroatoms. The molecular weight excluding hydrogens is 406 g/mol. The van der Waals surface area contributed by atoms with Crippen molar-refractivity contribution in [1.82, 2.24) is 4.90 Å². The summed E-state index contributed by atoms with van der Waals surface area (Å²) >= 11 is 0. The molecule has 0 bridgehead atoms. The molecule has 1 aromatic carbocycles. The van der Waals surface area contributed by atoms with Crippen LogP contribution in [0.15, 0.2) is 18.2 Å². The number of carbonyl (C=O) groups excluding carboxylic acids is 1. The van der Waals surface area contributed by atoms with Gasteiger partial charge in [0.05, 0.1) is 24.2 Å². The van der Waals surface area contributed by atoms with Gasteiger partial charge in [0.15, 0.2) is 0 Å². The molecule has 0 atom stereocenters. The first-order chi connectivity index (χ1) is 11.8. The van der Waals surface area contributed by atoms with Crippen LogP contribution in [0, 0.1) is 0 Å². The summed E-state index contributed by atoms with van der Waals surface area (Å²) in [6, 6.07) is 0.715. The first-order valence-electron chi connectivity index (χ1n) is 7.36. The fourth-order valence-corrected chi connectivity index (χ4v) is 2.15. The molecule has 27 heavy (non-hydrogen) atoms. The Bertz CT molecular complexity index is 632. The van der Waals surface area contributed by atoms with Crippen molar-refractivity contribution in [2.45, 2.75) is 25.7 Å². The third-order valence-corrected chi connectivity index (χ3v) is 3.14. The molecule has 154 valence electrons. The van der Waals surface area contributed by atoms with Crippen molar-refractivity contribution in [2.75, 3.05) is 25.0 Å². The standard InChI is InChI=1S/C15H16F6N2O3.ClH/c1-2-3-23(8-13(25)26)7-12(24)22-11-5-9(14(16,17)18)4-10(6-11)15(19,20)21;/h4-6H,2-3,7-8H2,1H3,(H,22,24)(H,25,26);1H. The number of hydrogen-bond donors (Lipinski definition) is 2. The van der Waals surface area contributed by atoms with Crippen molar-refractivity contribution in [3.63, 3.8) is 0 Å². The molecule has 0 fully saturated rings. The first kappa shape index (κ1) is 25.0. The second-order valence-electron chi connectivity index (χ2n) is 5.45. The van der Waals surface area contributed by atoms with E-state index in [2.05, 4.69) is 0 Å². The number of alkyl halides is 6. The number of nitrogens with zero attached hydrogens (tertiary/aromatic N) is 1. The lowest BCUT2D eigenvalue weighted by molar-refractivity contribution is -0.143. The average Bonchev–Trinajstić information content (AvgIpc) is 2.44. The van der Waals surface area contributed by atoms with Crippen LogP contribution in [0.5, 0.6) is 0 Å². The van der Waals surface area contributed by atoms with Gasteiger partial charge in [-0.05, 0) is 31.2 Å². The van der Waals surface area contributed by atoms with Crippen LogP contribution in [-0.4, -0.2) is 41.5 Å². The Morgan fingerprint density at radius 2 is 1.48 bits per heavy atom. The smallest absolute Gasteiger partial charge is 0.416 e. The highest BCUT2D eigenvalue weighted by atomic mass is 35.5. The average molecular weight is 423 g/mol. The van der Waals surface area contributed by atoms with Gasteiger partial charge in [-0.2, -0.15) is 26.3 Å². The van der Waals surface area contributed by atoms with Crippen LogP contribution in [0.2, 0.25) is 0 Å². The number of nitrogens with one attached hydrogen (secondary N) is 1. The lowest BCUT2D eigenvalue weighted by atomic mass is 10.1. The molecule has 0 spiro atoms. The van der Waals surface area contributed by atoms with Crippen molar-refractivity contribution in [3.8, 4) is 0 Å². The van der Waals surface area contributed by atoms with E-state index in [0.717, 1.165) is 0 Å². The summed E-state index contributed by atoms with van der Waals surface area (Å²) in [4.78, 5) is 23.8. The minimum absolute atomic E-state index is 0. The largest absolute Gasteiger partial charge is 0.480 e. The third-order valence-electron chi connectivity index (χ3n) is 3.14. The van der Waals surface area contributed by atoms with Crippen LogP contribution in [0.1, 0.15) is 24.5 Å². The lowest BCUT2D eigenvalue weighted by Crippen LogP contribution is -2.37. The van der Waals surface area contributed by atoms with Gasteiger partial charge in [0.2, 0.25) is 5.91 Å². The van der Waals surface area contributed by atoms with E-state index >= 15 is 0 Å². The zero-order valence-corrected chi connectivity index (χ0v) is 14.8. The van der Waals surface area contributed by atoms with Crippen molar-refractivity contribution in [3.05, 3.63) is 29.3 Å². The normalized spacial score (nSPS) is 11.9. The predicted molar refractivity (Wildman–Crippen MR) is 86.7 cm³/mol. The van der Waals surface area contributed by atoms with E-state index < -0.39 is 54.1 Å². The molecule has 0 aliphatic heterocycles. The second kappa shape index (κ2) is 9.79. The van der Waals surface area contributed by atoms with Crippen molar-refractivity contribution >= 4 is 30.0 Å². The predicted octanol–water partition coefficient (Wildman–Crippen LogP) is 3.88. The second-order valence-corrected chi connectivity index (χ2v) is 5.45. The third kappa shape index (κ3) is 8.48. The molecule has 2 N–H and O–H groups in total. The number of anilines is 1. The summed E-state index contributed by atoms with van der Waals surface area (Å²) < 4.78 is 76.6. The molecule has 0 aliphatic carbocycles. The molecule has 1 amide bonds. The number of carboxylic acid groups (broad SMARTS) is 1. The molecule has 0 saturated carbocycles. The van der Waals surface area contributed by atoms with Gasteiger partial charge in [-0.3, -0.25) is 14.5 Å². The Hall–Kier alpha value is -2.01. The van der Waals surface area contributed by atoms with Crippen molar-refractivity contribution < 1.29 is 41.0 Å². The Kier molecular flexibility index (Phi) is 9.06. The van der Waals surface area contributed by atoms with Gasteiger partial charge in [0, 0.05) is 5.69 Å². The van der Waals surface area contributed by atoms with Gasteiger partial charge in [-0.1, -0.05) is 6.92 Å². The van der Waals surface area contributed by atoms with Gasteiger partial charge in [0.25, 0.3) is 0 Å². The van der Waals surface area contributed by atoms with E-state index in [0.29, 0.717) is 18.6 Å². The zero-order chi connectivity index (χ0) is 20.1. The quantitative estimate of drug-likeness (QED) is 0.654. The summed E-state index contributed by atoms with van der Waals surface area (Å²) in [6.45, 7) is 0.959. The van der Waals surface area contributed by atoms with Crippen LogP contribution in [0.4, 0.5) is 32.0 Å². The van der Waals surface area contributed by atoms with Crippen LogP contribution >= 0.6 is 12.4 Å². The topological polar surface area (TPSA) is 69.6 Å². The van der Waals surface area contributed by atoms with Gasteiger partial charge >= 0.3 is 18.3 Å². The summed E-state index contributed by atoms with van der Waals surface area (Å²) in [5.41, 5.74) is -3.79. The summed E-state index contributed by atoms with van der Waals surface area (Å²) in [7, 11) is 0. The number of rotatable bonds is 7. The highest BCUT2D eigenvalue weighted by Crippen LogP contribution is 2.37. The SMILES string of the molecule is CCCN(CC(=O)O)CC(=O)Nc1cc(C(F)(F)F)cc(C(F)(F)F)c1.Cl. The highest BCUT2D eigenvalue weighted by Gasteiger charge is 2.37. The van der Waals surface area contributed by atoms with Crippen LogP contribution in [0.3, 0.4) is 0 Å². The van der Waals surface area contributed by atoms with Gasteiger partial charge in [0.1, 0.15) is 0 Å². The molecule has 0 radical (unpaired) electrons. The number of benzene rings is 1. The molecular formula is C15H17ClF6N2O3. The van der Waals surface area contributed by atoms with Gasteiger partial charge in [-0.25, -0.2) is 0 Å². The van der Waals surface area contributed by atoms with E-state index in [9.17, 15) is 35.9 Å². The van der Waals surface area contributed by atoms with E-state index in [-0.39, 0.29) is 25.0 Å². The number of halogens is 7. The maximum absolute atomic E-state index is 12.8. The Labute approximate surface area is 156 Å². The number of hydrogen-bond acceptors (Lipinski definition) is 3. The van der Waals surface area contributed by atoms with Gasteiger partial charge in [-0.15, -0.1) is 12.4 Å². The minimum Gasteiger partial charge on any atom is -0.480 e. The molecule has 1 aromatic rings. The van der Waals surface area contributed by atoms with Crippen LogP contribution < -0.4 is 5.32 Å². The van der Waals surface area contributed by atoms with Crippen molar-refractivity contribution in [1.29, 1.82) is 0 Å². The first-order valence-corrected chi connectivity index (χ1v) is 7.36.